The van der Waals surface area contributed by atoms with Gasteiger partial charge in [-0.15, -0.1) is 0 Å². The minimum absolute atomic E-state index is 0.106. The number of nitrogen functional groups attached to an aromatic ring is 2. The topological polar surface area (TPSA) is 69.1 Å². The lowest BCUT2D eigenvalue weighted by atomic mass is 10.0. The first-order valence-electron chi connectivity index (χ1n) is 4.86. The van der Waals surface area contributed by atoms with Gasteiger partial charge in [-0.1, -0.05) is 6.92 Å². The second-order valence-electron chi connectivity index (χ2n) is 3.77. The van der Waals surface area contributed by atoms with Crippen LogP contribution in [0.25, 0.3) is 0 Å². The van der Waals surface area contributed by atoms with Crippen LogP contribution in [0.3, 0.4) is 0 Å². The van der Waals surface area contributed by atoms with Crippen LogP contribution in [0.4, 0.5) is 11.4 Å². The predicted molar refractivity (Wildman–Crippen MR) is 57.1 cm³/mol. The fourth-order valence-electron chi connectivity index (χ4n) is 2.02. The third-order valence-electron chi connectivity index (χ3n) is 2.97. The molecule has 0 amide bonds. The SMILES string of the molecule is CCC1Cc2c(ccc(N)c2N)C1=O. The molecule has 3 heteroatoms. The molecule has 4 N–H and O–H groups in total. The van der Waals surface area contributed by atoms with Crippen molar-refractivity contribution in [3.63, 3.8) is 0 Å². The molecule has 0 saturated heterocycles. The quantitative estimate of drug-likeness (QED) is 0.661. The molecule has 0 aliphatic heterocycles. The number of benzene rings is 1. The van der Waals surface area contributed by atoms with E-state index in [1.165, 1.54) is 0 Å². The molecule has 1 aliphatic rings. The van der Waals surface area contributed by atoms with Crippen LogP contribution in [-0.4, -0.2) is 5.78 Å². The number of hydrogen-bond donors (Lipinski definition) is 2. The van der Waals surface area contributed by atoms with Gasteiger partial charge in [-0.2, -0.15) is 0 Å². The first-order valence-corrected chi connectivity index (χ1v) is 4.86. The molecule has 0 bridgehead atoms. The number of nitrogens with two attached hydrogens (primary N) is 2. The number of anilines is 2. The van der Waals surface area contributed by atoms with Gasteiger partial charge in [0.2, 0.25) is 0 Å². The van der Waals surface area contributed by atoms with Gasteiger partial charge in [0, 0.05) is 11.5 Å². The Morgan fingerprint density at radius 3 is 2.79 bits per heavy atom. The van der Waals surface area contributed by atoms with Crippen molar-refractivity contribution in [3.05, 3.63) is 23.3 Å². The van der Waals surface area contributed by atoms with Gasteiger partial charge >= 0.3 is 0 Å². The van der Waals surface area contributed by atoms with Gasteiger partial charge in [-0.25, -0.2) is 0 Å². The highest BCUT2D eigenvalue weighted by Gasteiger charge is 2.30. The van der Waals surface area contributed by atoms with E-state index in [4.69, 9.17) is 11.5 Å². The Morgan fingerprint density at radius 2 is 2.14 bits per heavy atom. The number of hydrogen-bond acceptors (Lipinski definition) is 3. The molecule has 0 spiro atoms. The zero-order valence-electron chi connectivity index (χ0n) is 8.21. The third-order valence-corrected chi connectivity index (χ3v) is 2.97. The van der Waals surface area contributed by atoms with Crippen LogP contribution in [0.5, 0.6) is 0 Å². The Bertz CT molecular complexity index is 399. The standard InChI is InChI=1S/C11H14N2O/c1-2-6-5-8-7(11(6)14)3-4-9(12)10(8)13/h3-4,6H,2,5,12-13H2,1H3. The van der Waals surface area contributed by atoms with Crippen molar-refractivity contribution >= 4 is 17.2 Å². The van der Waals surface area contributed by atoms with E-state index in [1.807, 2.05) is 6.92 Å². The minimum atomic E-state index is 0.106. The molecule has 2 rings (SSSR count). The molecule has 74 valence electrons. The minimum Gasteiger partial charge on any atom is -0.397 e. The highest BCUT2D eigenvalue weighted by atomic mass is 16.1. The largest absolute Gasteiger partial charge is 0.397 e. The third kappa shape index (κ3) is 1.09. The lowest BCUT2D eigenvalue weighted by Gasteiger charge is -2.05. The average molecular weight is 190 g/mol. The fourth-order valence-corrected chi connectivity index (χ4v) is 2.02. The van der Waals surface area contributed by atoms with Gasteiger partial charge in [0.15, 0.2) is 5.78 Å². The highest BCUT2D eigenvalue weighted by molar-refractivity contribution is 6.04. The van der Waals surface area contributed by atoms with E-state index in [1.54, 1.807) is 12.1 Å². The number of ketones is 1. The van der Waals surface area contributed by atoms with E-state index in [0.29, 0.717) is 11.4 Å². The van der Waals surface area contributed by atoms with E-state index in [2.05, 4.69) is 0 Å². The lowest BCUT2D eigenvalue weighted by Crippen LogP contribution is -2.06. The highest BCUT2D eigenvalue weighted by Crippen LogP contribution is 2.35. The first-order chi connectivity index (χ1) is 6.65. The molecule has 14 heavy (non-hydrogen) atoms. The van der Waals surface area contributed by atoms with Gasteiger partial charge in [0.05, 0.1) is 11.4 Å². The molecule has 1 unspecified atom stereocenters. The summed E-state index contributed by atoms with van der Waals surface area (Å²) < 4.78 is 0. The summed E-state index contributed by atoms with van der Waals surface area (Å²) in [6.45, 7) is 2.02. The molecule has 1 aliphatic carbocycles. The number of carbonyl (C=O) groups is 1. The molecule has 0 radical (unpaired) electrons. The number of Topliss-reactive ketones (excluding diaryl/α,β-unsaturated/α-hetero) is 1. The molecular formula is C11H14N2O. The van der Waals surface area contributed by atoms with E-state index in [-0.39, 0.29) is 11.7 Å². The summed E-state index contributed by atoms with van der Waals surface area (Å²) in [5.41, 5.74) is 14.4. The van der Waals surface area contributed by atoms with Gasteiger partial charge in [0.1, 0.15) is 0 Å². The molecule has 1 aromatic rings. The summed E-state index contributed by atoms with van der Waals surface area (Å²) in [4.78, 5) is 11.8. The zero-order chi connectivity index (χ0) is 10.3. The molecule has 1 aromatic carbocycles. The summed E-state index contributed by atoms with van der Waals surface area (Å²) in [6.07, 6.45) is 1.62. The Labute approximate surface area is 83.1 Å². The van der Waals surface area contributed by atoms with Crippen molar-refractivity contribution in [2.24, 2.45) is 5.92 Å². The summed E-state index contributed by atoms with van der Waals surface area (Å²) >= 11 is 0. The van der Waals surface area contributed by atoms with Gasteiger partial charge in [-0.05, 0) is 30.5 Å². The van der Waals surface area contributed by atoms with Crippen LogP contribution in [0.2, 0.25) is 0 Å². The average Bonchev–Trinajstić information content (AvgIpc) is 2.50. The maximum Gasteiger partial charge on any atom is 0.166 e. The Morgan fingerprint density at radius 1 is 1.43 bits per heavy atom. The Balaban J connectivity index is 2.53. The smallest absolute Gasteiger partial charge is 0.166 e. The van der Waals surface area contributed by atoms with Crippen molar-refractivity contribution in [1.29, 1.82) is 0 Å². The van der Waals surface area contributed by atoms with Crippen LogP contribution < -0.4 is 11.5 Å². The monoisotopic (exact) mass is 190 g/mol. The number of fused-ring (bicyclic) bond motifs is 1. The molecule has 0 saturated carbocycles. The molecule has 0 aromatic heterocycles. The van der Waals surface area contributed by atoms with Crippen molar-refractivity contribution < 1.29 is 4.79 Å². The maximum atomic E-state index is 11.8. The van der Waals surface area contributed by atoms with E-state index in [0.717, 1.165) is 24.0 Å². The molecule has 0 fully saturated rings. The van der Waals surface area contributed by atoms with Crippen LogP contribution in [0, 0.1) is 5.92 Å². The molecule has 1 atom stereocenters. The van der Waals surface area contributed by atoms with E-state index < -0.39 is 0 Å². The summed E-state index contributed by atoms with van der Waals surface area (Å²) in [6, 6.07) is 3.50. The van der Waals surface area contributed by atoms with Crippen LogP contribution in [-0.2, 0) is 6.42 Å². The van der Waals surface area contributed by atoms with Gasteiger partial charge in [0.25, 0.3) is 0 Å². The van der Waals surface area contributed by atoms with Crippen molar-refractivity contribution in [3.8, 4) is 0 Å². The van der Waals surface area contributed by atoms with Crippen LogP contribution in [0.1, 0.15) is 29.3 Å². The molecule has 0 heterocycles. The maximum absolute atomic E-state index is 11.8. The Kier molecular flexibility index (Phi) is 1.95. The summed E-state index contributed by atoms with van der Waals surface area (Å²) in [5.74, 6) is 0.322. The predicted octanol–water partition coefficient (Wildman–Crippen LogP) is 1.62. The summed E-state index contributed by atoms with van der Waals surface area (Å²) in [7, 11) is 0. The normalized spacial score (nSPS) is 19.8. The second-order valence-corrected chi connectivity index (χ2v) is 3.77. The first kappa shape index (κ1) is 9.06. The van der Waals surface area contributed by atoms with E-state index in [9.17, 15) is 4.79 Å². The summed E-state index contributed by atoms with van der Waals surface area (Å²) in [5, 5.41) is 0. The van der Waals surface area contributed by atoms with Crippen LogP contribution in [0.15, 0.2) is 12.1 Å². The molecule has 3 nitrogen and oxygen atoms in total. The van der Waals surface area contributed by atoms with Gasteiger partial charge < -0.3 is 11.5 Å². The zero-order valence-corrected chi connectivity index (χ0v) is 8.21. The molecular weight excluding hydrogens is 176 g/mol. The van der Waals surface area contributed by atoms with Crippen LogP contribution >= 0.6 is 0 Å². The van der Waals surface area contributed by atoms with Crippen molar-refractivity contribution in [2.75, 3.05) is 11.5 Å². The Hall–Kier alpha value is -1.51. The second kappa shape index (κ2) is 3.01. The number of rotatable bonds is 1. The van der Waals surface area contributed by atoms with Crippen molar-refractivity contribution in [1.82, 2.24) is 0 Å². The lowest BCUT2D eigenvalue weighted by molar-refractivity contribution is 0.0934. The fraction of sp³-hybridized carbons (Fsp3) is 0.364. The van der Waals surface area contributed by atoms with E-state index >= 15 is 0 Å². The van der Waals surface area contributed by atoms with Crippen molar-refractivity contribution in [2.45, 2.75) is 19.8 Å². The number of carbonyl (C=O) groups excluding carboxylic acids is 1. The van der Waals surface area contributed by atoms with Gasteiger partial charge in [-0.3, -0.25) is 4.79 Å².